The summed E-state index contributed by atoms with van der Waals surface area (Å²) in [4.78, 5) is 20.7. The third kappa shape index (κ3) is 4.60. The molecule has 0 radical (unpaired) electrons. The molecule has 6 nitrogen and oxygen atoms in total. The van der Waals surface area contributed by atoms with Crippen molar-refractivity contribution < 1.29 is 9.53 Å². The van der Waals surface area contributed by atoms with Gasteiger partial charge in [-0.25, -0.2) is 9.78 Å². The fraction of sp³-hybridized carbons (Fsp3) is 0.667. The Bertz CT molecular complexity index is 575. The van der Waals surface area contributed by atoms with Gasteiger partial charge in [-0.15, -0.1) is 0 Å². The largest absolute Gasteiger partial charge is 0.444 e. The Hall–Kier alpha value is -1.82. The first-order valence-electron chi connectivity index (χ1n) is 8.66. The van der Waals surface area contributed by atoms with Crippen molar-refractivity contribution in [2.75, 3.05) is 31.1 Å². The Morgan fingerprint density at radius 1 is 1.33 bits per heavy atom. The van der Waals surface area contributed by atoms with Crippen molar-refractivity contribution in [3.63, 3.8) is 0 Å². The number of anilines is 1. The molecule has 2 N–H and O–H groups in total. The topological polar surface area (TPSA) is 71.7 Å². The van der Waals surface area contributed by atoms with Crippen LogP contribution >= 0.6 is 0 Å². The van der Waals surface area contributed by atoms with Gasteiger partial charge < -0.3 is 20.3 Å². The van der Waals surface area contributed by atoms with E-state index in [2.05, 4.69) is 29.8 Å². The van der Waals surface area contributed by atoms with Gasteiger partial charge in [-0.1, -0.05) is 6.92 Å². The minimum Gasteiger partial charge on any atom is -0.444 e. The van der Waals surface area contributed by atoms with Crippen molar-refractivity contribution in [1.29, 1.82) is 0 Å². The van der Waals surface area contributed by atoms with Gasteiger partial charge in [-0.3, -0.25) is 0 Å². The van der Waals surface area contributed by atoms with E-state index < -0.39 is 5.60 Å². The van der Waals surface area contributed by atoms with Gasteiger partial charge in [0.2, 0.25) is 0 Å². The van der Waals surface area contributed by atoms with Gasteiger partial charge in [0.05, 0.1) is 0 Å². The van der Waals surface area contributed by atoms with E-state index in [0.717, 1.165) is 30.9 Å². The van der Waals surface area contributed by atoms with Gasteiger partial charge in [-0.2, -0.15) is 0 Å². The second-order valence-electron chi connectivity index (χ2n) is 7.37. The lowest BCUT2D eigenvalue weighted by molar-refractivity contribution is 0.0240. The molecule has 0 bridgehead atoms. The Balaban J connectivity index is 1.97. The molecular formula is C18H30N4O2. The van der Waals surface area contributed by atoms with E-state index in [-0.39, 0.29) is 12.1 Å². The van der Waals surface area contributed by atoms with Crippen molar-refractivity contribution in [2.45, 2.75) is 52.7 Å². The average Bonchev–Trinajstić information content (AvgIpc) is 2.52. The van der Waals surface area contributed by atoms with Gasteiger partial charge in [0.15, 0.2) is 0 Å². The number of piperazine rings is 1. The predicted molar refractivity (Wildman–Crippen MR) is 96.2 cm³/mol. The van der Waals surface area contributed by atoms with E-state index in [1.165, 1.54) is 5.56 Å². The normalized spacial score (nSPS) is 16.9. The number of rotatable bonds is 3. The van der Waals surface area contributed by atoms with Gasteiger partial charge in [0.1, 0.15) is 11.4 Å². The van der Waals surface area contributed by atoms with Crippen LogP contribution in [0.5, 0.6) is 0 Å². The minimum absolute atomic E-state index is 0.0376. The quantitative estimate of drug-likeness (QED) is 0.920. The Morgan fingerprint density at radius 2 is 1.96 bits per heavy atom. The molecule has 1 aromatic heterocycles. The maximum absolute atomic E-state index is 12.1. The van der Waals surface area contributed by atoms with Gasteiger partial charge in [0.25, 0.3) is 0 Å². The molecule has 1 amide bonds. The van der Waals surface area contributed by atoms with Crippen molar-refractivity contribution in [3.05, 3.63) is 23.4 Å². The number of aryl methyl sites for hydroxylation is 1. The summed E-state index contributed by atoms with van der Waals surface area (Å²) in [5.74, 6) is 0.948. The predicted octanol–water partition coefficient (Wildman–Crippen LogP) is 2.86. The third-order valence-electron chi connectivity index (χ3n) is 4.23. The maximum atomic E-state index is 12.1. The van der Waals surface area contributed by atoms with Crippen LogP contribution in [0, 0.1) is 6.92 Å². The number of aromatic nitrogens is 1. The highest BCUT2D eigenvalue weighted by atomic mass is 16.6. The summed E-state index contributed by atoms with van der Waals surface area (Å²) in [6.45, 7) is 12.6. The number of carbonyl (C=O) groups excluding carboxylic acids is 1. The van der Waals surface area contributed by atoms with Crippen LogP contribution in [0.1, 0.15) is 51.3 Å². The molecule has 1 saturated heterocycles. The second kappa shape index (κ2) is 7.38. The van der Waals surface area contributed by atoms with Crippen LogP contribution in [-0.4, -0.2) is 47.8 Å². The molecular weight excluding hydrogens is 304 g/mol. The summed E-state index contributed by atoms with van der Waals surface area (Å²) in [6, 6.07) is 2.13. The Morgan fingerprint density at radius 3 is 2.46 bits per heavy atom. The van der Waals surface area contributed by atoms with Crippen LogP contribution in [0.2, 0.25) is 0 Å². The number of nitrogens with zero attached hydrogens (tertiary/aromatic N) is 3. The van der Waals surface area contributed by atoms with E-state index in [1.54, 1.807) is 4.90 Å². The summed E-state index contributed by atoms with van der Waals surface area (Å²) in [5.41, 5.74) is 7.93. The summed E-state index contributed by atoms with van der Waals surface area (Å²) in [7, 11) is 0. The Labute approximate surface area is 145 Å². The van der Waals surface area contributed by atoms with Crippen LogP contribution in [0.15, 0.2) is 12.3 Å². The SMILES string of the molecule is CCC(N)c1cnc(N2CCN(C(=O)OC(C)(C)C)CC2)cc1C. The first-order valence-corrected chi connectivity index (χ1v) is 8.66. The summed E-state index contributed by atoms with van der Waals surface area (Å²) >= 11 is 0. The van der Waals surface area contributed by atoms with Crippen molar-refractivity contribution in [3.8, 4) is 0 Å². The van der Waals surface area contributed by atoms with E-state index in [9.17, 15) is 4.79 Å². The summed E-state index contributed by atoms with van der Waals surface area (Å²) < 4.78 is 5.43. The fourth-order valence-corrected chi connectivity index (χ4v) is 2.78. The zero-order chi connectivity index (χ0) is 17.9. The zero-order valence-electron chi connectivity index (χ0n) is 15.5. The van der Waals surface area contributed by atoms with Crippen LogP contribution < -0.4 is 10.6 Å². The van der Waals surface area contributed by atoms with Crippen LogP contribution in [0.4, 0.5) is 10.6 Å². The monoisotopic (exact) mass is 334 g/mol. The molecule has 1 aliphatic rings. The average molecular weight is 334 g/mol. The van der Waals surface area contributed by atoms with Crippen LogP contribution in [0.3, 0.4) is 0 Å². The second-order valence-corrected chi connectivity index (χ2v) is 7.37. The molecule has 0 spiro atoms. The molecule has 0 aliphatic carbocycles. The number of hydrogen-bond acceptors (Lipinski definition) is 5. The molecule has 0 aromatic carbocycles. The molecule has 134 valence electrons. The van der Waals surface area contributed by atoms with Gasteiger partial charge >= 0.3 is 6.09 Å². The molecule has 1 unspecified atom stereocenters. The number of ether oxygens (including phenoxy) is 1. The molecule has 1 aromatic rings. The summed E-state index contributed by atoms with van der Waals surface area (Å²) in [6.07, 6.45) is 2.55. The van der Waals surface area contributed by atoms with Crippen molar-refractivity contribution in [1.82, 2.24) is 9.88 Å². The zero-order valence-corrected chi connectivity index (χ0v) is 15.5. The number of carbonyl (C=O) groups is 1. The van der Waals surface area contributed by atoms with Crippen LogP contribution in [0.25, 0.3) is 0 Å². The van der Waals surface area contributed by atoms with E-state index in [4.69, 9.17) is 10.5 Å². The van der Waals surface area contributed by atoms with Gasteiger partial charge in [-0.05, 0) is 51.3 Å². The first kappa shape index (κ1) is 18.5. The standard InChI is InChI=1S/C18H30N4O2/c1-6-15(19)14-12-20-16(11-13(14)2)21-7-9-22(10-8-21)17(23)24-18(3,4)5/h11-12,15H,6-10,19H2,1-5H3. The molecule has 1 fully saturated rings. The van der Waals surface area contributed by atoms with Crippen LogP contribution in [-0.2, 0) is 4.74 Å². The molecule has 0 saturated carbocycles. The highest BCUT2D eigenvalue weighted by Gasteiger charge is 2.26. The summed E-state index contributed by atoms with van der Waals surface area (Å²) in [5, 5.41) is 0. The highest BCUT2D eigenvalue weighted by Crippen LogP contribution is 2.22. The van der Waals surface area contributed by atoms with E-state index in [0.29, 0.717) is 13.1 Å². The van der Waals surface area contributed by atoms with E-state index >= 15 is 0 Å². The third-order valence-corrected chi connectivity index (χ3v) is 4.23. The number of pyridine rings is 1. The maximum Gasteiger partial charge on any atom is 0.410 e. The van der Waals surface area contributed by atoms with E-state index in [1.807, 2.05) is 27.0 Å². The first-order chi connectivity index (χ1) is 11.2. The smallest absolute Gasteiger partial charge is 0.410 e. The fourth-order valence-electron chi connectivity index (χ4n) is 2.78. The molecule has 1 aliphatic heterocycles. The number of hydrogen-bond donors (Lipinski definition) is 1. The lowest BCUT2D eigenvalue weighted by Crippen LogP contribution is -2.50. The van der Waals surface area contributed by atoms with Crippen molar-refractivity contribution in [2.24, 2.45) is 5.73 Å². The van der Waals surface area contributed by atoms with Crippen molar-refractivity contribution >= 4 is 11.9 Å². The lowest BCUT2D eigenvalue weighted by Gasteiger charge is -2.36. The minimum atomic E-state index is -0.458. The molecule has 2 heterocycles. The van der Waals surface area contributed by atoms with Gasteiger partial charge in [0, 0.05) is 38.4 Å². The number of amides is 1. The molecule has 2 rings (SSSR count). The Kier molecular flexibility index (Phi) is 5.70. The highest BCUT2D eigenvalue weighted by molar-refractivity contribution is 5.68. The lowest BCUT2D eigenvalue weighted by atomic mass is 10.0. The molecule has 1 atom stereocenters. The molecule has 24 heavy (non-hydrogen) atoms. The number of nitrogens with two attached hydrogens (primary N) is 1. The molecule has 6 heteroatoms.